The van der Waals surface area contributed by atoms with E-state index in [2.05, 4.69) is 47.5 Å². The second-order valence-corrected chi connectivity index (χ2v) is 6.57. The molecule has 1 heterocycles. The largest absolute Gasteiger partial charge is 0.262 e. The van der Waals surface area contributed by atoms with Crippen LogP contribution in [-0.4, -0.2) is 11.8 Å². The molecule has 0 N–H and O–H groups in total. The van der Waals surface area contributed by atoms with Crippen LogP contribution < -0.4 is 5.01 Å². The molecule has 112 valence electrons. The number of rotatable bonds is 2. The summed E-state index contributed by atoms with van der Waals surface area (Å²) in [6.45, 7) is 0. The van der Waals surface area contributed by atoms with Gasteiger partial charge >= 0.3 is 0 Å². The number of hydrogen-bond donors (Lipinski definition) is 0. The molecule has 2 nitrogen and oxygen atoms in total. The second-order valence-electron chi connectivity index (χ2n) is 6.13. The average Bonchev–Trinajstić information content (AvgIpc) is 2.96. The number of anilines is 1. The van der Waals surface area contributed by atoms with Gasteiger partial charge in [-0.1, -0.05) is 54.8 Å². The summed E-state index contributed by atoms with van der Waals surface area (Å²) in [6.07, 6.45) is 5.06. The van der Waals surface area contributed by atoms with E-state index in [0.717, 1.165) is 10.7 Å². The molecule has 0 amide bonds. The first kappa shape index (κ1) is 13.8. The molecule has 0 bridgehead atoms. The third-order valence-electron chi connectivity index (χ3n) is 4.77. The minimum absolute atomic E-state index is 0.491. The monoisotopic (exact) mass is 310 g/mol. The molecule has 1 aliphatic carbocycles. The summed E-state index contributed by atoms with van der Waals surface area (Å²) in [5, 5.41) is 8.01. The van der Waals surface area contributed by atoms with Crippen molar-refractivity contribution in [2.75, 3.05) is 5.01 Å². The van der Waals surface area contributed by atoms with E-state index in [0.29, 0.717) is 12.0 Å². The van der Waals surface area contributed by atoms with Gasteiger partial charge in [-0.3, -0.25) is 5.01 Å². The average molecular weight is 311 g/mol. The summed E-state index contributed by atoms with van der Waals surface area (Å²) in [5.41, 5.74) is 3.66. The van der Waals surface area contributed by atoms with Gasteiger partial charge in [-0.25, -0.2) is 0 Å². The molecule has 1 aliphatic heterocycles. The summed E-state index contributed by atoms with van der Waals surface area (Å²) < 4.78 is 0. The predicted molar refractivity (Wildman–Crippen MR) is 92.7 cm³/mol. The first-order chi connectivity index (χ1) is 10.8. The summed E-state index contributed by atoms with van der Waals surface area (Å²) in [5.74, 6) is 0.548. The lowest BCUT2D eigenvalue weighted by molar-refractivity contribution is 0.384. The fourth-order valence-corrected chi connectivity index (χ4v) is 3.84. The fraction of sp³-hybridized carbons (Fsp3) is 0.316. The standard InChI is InChI=1S/C19H19ClN2/c20-15-10-12-16(13-11-15)22-18-9-5-4-8-17(18)19(21-22)14-6-2-1-3-7-14/h1-3,6-7,10-13,17-18H,4-5,8-9H2. The van der Waals surface area contributed by atoms with E-state index in [1.807, 2.05) is 12.1 Å². The molecule has 1 saturated carbocycles. The highest BCUT2D eigenvalue weighted by atomic mass is 35.5. The maximum Gasteiger partial charge on any atom is 0.0734 e. The lowest BCUT2D eigenvalue weighted by Gasteiger charge is -2.31. The Morgan fingerprint density at radius 3 is 2.41 bits per heavy atom. The highest BCUT2D eigenvalue weighted by Gasteiger charge is 2.39. The molecule has 2 aliphatic rings. The van der Waals surface area contributed by atoms with Crippen LogP contribution in [0, 0.1) is 5.92 Å². The van der Waals surface area contributed by atoms with Crippen LogP contribution in [0.25, 0.3) is 0 Å². The van der Waals surface area contributed by atoms with Crippen LogP contribution in [0.1, 0.15) is 31.2 Å². The molecule has 2 atom stereocenters. The number of nitrogens with zero attached hydrogens (tertiary/aromatic N) is 2. The van der Waals surface area contributed by atoms with Crippen molar-refractivity contribution in [3.63, 3.8) is 0 Å². The zero-order chi connectivity index (χ0) is 14.9. The minimum Gasteiger partial charge on any atom is -0.262 e. The Balaban J connectivity index is 1.74. The molecule has 2 unspecified atom stereocenters. The Morgan fingerprint density at radius 1 is 0.909 bits per heavy atom. The van der Waals surface area contributed by atoms with Crippen LogP contribution in [0.5, 0.6) is 0 Å². The van der Waals surface area contributed by atoms with Crippen LogP contribution in [0.3, 0.4) is 0 Å². The molecular formula is C19H19ClN2. The lowest BCUT2D eigenvalue weighted by atomic mass is 9.80. The number of hydrogen-bond acceptors (Lipinski definition) is 2. The Hall–Kier alpha value is -1.80. The zero-order valence-corrected chi connectivity index (χ0v) is 13.2. The number of benzene rings is 2. The maximum atomic E-state index is 6.03. The molecule has 0 aromatic heterocycles. The van der Waals surface area contributed by atoms with E-state index in [1.165, 1.54) is 37.0 Å². The third-order valence-corrected chi connectivity index (χ3v) is 5.02. The smallest absolute Gasteiger partial charge is 0.0734 e. The Bertz CT molecular complexity index is 678. The molecule has 3 heteroatoms. The van der Waals surface area contributed by atoms with Gasteiger partial charge in [-0.2, -0.15) is 5.10 Å². The van der Waals surface area contributed by atoms with Crippen LogP contribution in [0.15, 0.2) is 59.7 Å². The molecule has 2 aromatic carbocycles. The van der Waals surface area contributed by atoms with Gasteiger partial charge < -0.3 is 0 Å². The van der Waals surface area contributed by atoms with Crippen molar-refractivity contribution in [1.82, 2.24) is 0 Å². The first-order valence-electron chi connectivity index (χ1n) is 8.01. The van der Waals surface area contributed by atoms with Crippen molar-refractivity contribution < 1.29 is 0 Å². The van der Waals surface area contributed by atoms with Gasteiger partial charge in [-0.15, -0.1) is 0 Å². The number of hydrazone groups is 1. The van der Waals surface area contributed by atoms with E-state index in [9.17, 15) is 0 Å². The summed E-state index contributed by atoms with van der Waals surface area (Å²) in [7, 11) is 0. The molecular weight excluding hydrogens is 292 g/mol. The topological polar surface area (TPSA) is 15.6 Å². The van der Waals surface area contributed by atoms with Gasteiger partial charge in [0.05, 0.1) is 17.4 Å². The van der Waals surface area contributed by atoms with E-state index in [4.69, 9.17) is 16.7 Å². The Labute approximate surface area is 136 Å². The van der Waals surface area contributed by atoms with Gasteiger partial charge in [0.1, 0.15) is 0 Å². The molecule has 4 rings (SSSR count). The highest BCUT2D eigenvalue weighted by Crippen LogP contribution is 2.39. The van der Waals surface area contributed by atoms with Crippen molar-refractivity contribution in [2.45, 2.75) is 31.7 Å². The molecule has 1 fully saturated rings. The van der Waals surface area contributed by atoms with E-state index in [-0.39, 0.29) is 0 Å². The van der Waals surface area contributed by atoms with Crippen LogP contribution in [0.2, 0.25) is 5.02 Å². The van der Waals surface area contributed by atoms with E-state index in [1.54, 1.807) is 0 Å². The van der Waals surface area contributed by atoms with Crippen LogP contribution >= 0.6 is 11.6 Å². The Morgan fingerprint density at radius 2 is 1.64 bits per heavy atom. The fourth-order valence-electron chi connectivity index (χ4n) is 3.71. The second kappa shape index (κ2) is 5.77. The summed E-state index contributed by atoms with van der Waals surface area (Å²) >= 11 is 6.03. The highest BCUT2D eigenvalue weighted by molar-refractivity contribution is 6.30. The molecule has 2 aromatic rings. The van der Waals surface area contributed by atoms with Crippen LogP contribution in [0.4, 0.5) is 5.69 Å². The normalized spacial score (nSPS) is 24.0. The van der Waals surface area contributed by atoms with Crippen LogP contribution in [-0.2, 0) is 0 Å². The van der Waals surface area contributed by atoms with E-state index < -0.39 is 0 Å². The summed E-state index contributed by atoms with van der Waals surface area (Å²) in [6, 6.07) is 19.2. The first-order valence-corrected chi connectivity index (χ1v) is 8.39. The number of fused-ring (bicyclic) bond motifs is 1. The van der Waals surface area contributed by atoms with Crippen molar-refractivity contribution in [3.05, 3.63) is 65.2 Å². The number of halogens is 1. The predicted octanol–water partition coefficient (Wildman–Crippen LogP) is 5.12. The third kappa shape index (κ3) is 2.42. The van der Waals surface area contributed by atoms with Gasteiger partial charge in [0.15, 0.2) is 0 Å². The van der Waals surface area contributed by atoms with Gasteiger partial charge in [0.2, 0.25) is 0 Å². The minimum atomic E-state index is 0.491. The van der Waals surface area contributed by atoms with Gasteiger partial charge in [0.25, 0.3) is 0 Å². The van der Waals surface area contributed by atoms with Gasteiger partial charge in [-0.05, 0) is 42.7 Å². The SMILES string of the molecule is Clc1ccc(N2N=C(c3ccccc3)C3CCCCC32)cc1. The van der Waals surface area contributed by atoms with Gasteiger partial charge in [0, 0.05) is 10.9 Å². The molecule has 0 radical (unpaired) electrons. The summed E-state index contributed by atoms with van der Waals surface area (Å²) in [4.78, 5) is 0. The molecule has 22 heavy (non-hydrogen) atoms. The van der Waals surface area contributed by atoms with Crippen molar-refractivity contribution >= 4 is 23.0 Å². The Kier molecular flexibility index (Phi) is 3.63. The maximum absolute atomic E-state index is 6.03. The van der Waals surface area contributed by atoms with Crippen molar-refractivity contribution in [1.29, 1.82) is 0 Å². The lowest BCUT2D eigenvalue weighted by Crippen LogP contribution is -2.36. The zero-order valence-electron chi connectivity index (χ0n) is 12.5. The van der Waals surface area contributed by atoms with Crippen molar-refractivity contribution in [3.8, 4) is 0 Å². The molecule has 0 spiro atoms. The quantitative estimate of drug-likeness (QED) is 0.751. The van der Waals surface area contributed by atoms with E-state index >= 15 is 0 Å². The van der Waals surface area contributed by atoms with Crippen molar-refractivity contribution in [2.24, 2.45) is 11.0 Å². The molecule has 0 saturated heterocycles.